The van der Waals surface area contributed by atoms with Gasteiger partial charge in [0.2, 0.25) is 0 Å². The highest BCUT2D eigenvalue weighted by Crippen LogP contribution is 2.20. The first kappa shape index (κ1) is 13.7. The van der Waals surface area contributed by atoms with Gasteiger partial charge in [0.1, 0.15) is 0 Å². The van der Waals surface area contributed by atoms with Crippen LogP contribution in [-0.2, 0) is 6.42 Å². The smallest absolute Gasteiger partial charge is 0.0207 e. The first-order valence-electron chi connectivity index (χ1n) is 6.16. The monoisotopic (exact) mass is 283 g/mol. The predicted molar refractivity (Wildman–Crippen MR) is 74.5 cm³/mol. The van der Waals surface area contributed by atoms with E-state index >= 15 is 0 Å². The Labute approximate surface area is 108 Å². The summed E-state index contributed by atoms with van der Waals surface area (Å²) in [4.78, 5) is 0. The molecular weight excluding hydrogens is 262 g/mol. The summed E-state index contributed by atoms with van der Waals surface area (Å²) in [6.07, 6.45) is 4.58. The molecule has 2 N–H and O–H groups in total. The predicted octanol–water partition coefficient (Wildman–Crippen LogP) is 4.15. The van der Waals surface area contributed by atoms with Crippen LogP contribution in [0.5, 0.6) is 0 Å². The van der Waals surface area contributed by atoms with E-state index in [0.29, 0.717) is 0 Å². The first-order chi connectivity index (χ1) is 7.67. The summed E-state index contributed by atoms with van der Waals surface area (Å²) in [6.45, 7) is 4.50. The molecule has 1 atom stereocenters. The standard InChI is InChI=1S/C14H22BrN/c1-3-11(4-2)9-13(16)10-12-7-5-6-8-14(12)15/h5-8,11,13H,3-4,9-10,16H2,1-2H3. The van der Waals surface area contributed by atoms with Gasteiger partial charge in [-0.05, 0) is 30.4 Å². The van der Waals surface area contributed by atoms with Crippen molar-refractivity contribution in [2.24, 2.45) is 11.7 Å². The molecule has 0 bridgehead atoms. The number of benzene rings is 1. The third-order valence-electron chi connectivity index (χ3n) is 3.23. The summed E-state index contributed by atoms with van der Waals surface area (Å²) in [5.74, 6) is 0.775. The zero-order chi connectivity index (χ0) is 12.0. The molecule has 0 amide bonds. The largest absolute Gasteiger partial charge is 0.327 e. The fourth-order valence-electron chi connectivity index (χ4n) is 2.08. The minimum Gasteiger partial charge on any atom is -0.327 e. The molecule has 0 aliphatic rings. The number of hydrogen-bond acceptors (Lipinski definition) is 1. The van der Waals surface area contributed by atoms with Crippen LogP contribution in [-0.4, -0.2) is 6.04 Å². The lowest BCUT2D eigenvalue weighted by molar-refractivity contribution is 0.407. The molecule has 1 aromatic carbocycles. The van der Waals surface area contributed by atoms with Crippen LogP contribution in [0.15, 0.2) is 28.7 Å². The van der Waals surface area contributed by atoms with E-state index in [1.807, 2.05) is 6.07 Å². The van der Waals surface area contributed by atoms with Crippen molar-refractivity contribution in [1.82, 2.24) is 0 Å². The van der Waals surface area contributed by atoms with E-state index in [9.17, 15) is 0 Å². The summed E-state index contributed by atoms with van der Waals surface area (Å²) >= 11 is 3.57. The van der Waals surface area contributed by atoms with Gasteiger partial charge in [-0.3, -0.25) is 0 Å². The van der Waals surface area contributed by atoms with E-state index in [2.05, 4.69) is 48.0 Å². The van der Waals surface area contributed by atoms with Crippen LogP contribution in [0.2, 0.25) is 0 Å². The van der Waals surface area contributed by atoms with Gasteiger partial charge in [0.05, 0.1) is 0 Å². The van der Waals surface area contributed by atoms with E-state index in [0.717, 1.165) is 18.8 Å². The first-order valence-corrected chi connectivity index (χ1v) is 6.95. The Balaban J connectivity index is 2.51. The summed E-state index contributed by atoms with van der Waals surface area (Å²) in [6, 6.07) is 8.63. The number of nitrogens with two attached hydrogens (primary N) is 1. The molecule has 1 nitrogen and oxygen atoms in total. The van der Waals surface area contributed by atoms with Crippen molar-refractivity contribution in [3.8, 4) is 0 Å². The Bertz CT molecular complexity index is 307. The topological polar surface area (TPSA) is 26.0 Å². The SMILES string of the molecule is CCC(CC)CC(N)Cc1ccccc1Br. The quantitative estimate of drug-likeness (QED) is 0.834. The zero-order valence-corrected chi connectivity index (χ0v) is 11.8. The highest BCUT2D eigenvalue weighted by molar-refractivity contribution is 9.10. The van der Waals surface area contributed by atoms with Gasteiger partial charge in [-0.15, -0.1) is 0 Å². The van der Waals surface area contributed by atoms with Crippen LogP contribution in [0.1, 0.15) is 38.7 Å². The van der Waals surface area contributed by atoms with E-state index in [1.165, 1.54) is 22.9 Å². The lowest BCUT2D eigenvalue weighted by Crippen LogP contribution is -2.26. The van der Waals surface area contributed by atoms with E-state index in [-0.39, 0.29) is 6.04 Å². The van der Waals surface area contributed by atoms with Gasteiger partial charge < -0.3 is 5.73 Å². The third kappa shape index (κ3) is 4.26. The molecule has 0 aromatic heterocycles. The molecule has 0 spiro atoms. The number of hydrogen-bond donors (Lipinski definition) is 1. The van der Waals surface area contributed by atoms with Crippen LogP contribution < -0.4 is 5.73 Å². The molecule has 0 aliphatic carbocycles. The second kappa shape index (κ2) is 7.08. The van der Waals surface area contributed by atoms with Crippen LogP contribution in [0.25, 0.3) is 0 Å². The van der Waals surface area contributed by atoms with Crippen molar-refractivity contribution in [3.05, 3.63) is 34.3 Å². The van der Waals surface area contributed by atoms with E-state index in [4.69, 9.17) is 5.73 Å². The lowest BCUT2D eigenvalue weighted by Gasteiger charge is -2.18. The van der Waals surface area contributed by atoms with E-state index in [1.54, 1.807) is 0 Å². The van der Waals surface area contributed by atoms with Crippen molar-refractivity contribution >= 4 is 15.9 Å². The Kier molecular flexibility index (Phi) is 6.07. The van der Waals surface area contributed by atoms with Gasteiger partial charge in [-0.2, -0.15) is 0 Å². The van der Waals surface area contributed by atoms with Gasteiger partial charge in [-0.25, -0.2) is 0 Å². The Morgan fingerprint density at radius 3 is 2.38 bits per heavy atom. The molecule has 1 aromatic rings. The molecule has 0 radical (unpaired) electrons. The molecule has 0 saturated heterocycles. The van der Waals surface area contributed by atoms with Crippen LogP contribution in [0.4, 0.5) is 0 Å². The van der Waals surface area contributed by atoms with E-state index < -0.39 is 0 Å². The van der Waals surface area contributed by atoms with Gasteiger partial charge >= 0.3 is 0 Å². The Morgan fingerprint density at radius 1 is 1.19 bits per heavy atom. The average molecular weight is 284 g/mol. The highest BCUT2D eigenvalue weighted by Gasteiger charge is 2.11. The molecule has 2 heteroatoms. The molecule has 16 heavy (non-hydrogen) atoms. The Hall–Kier alpha value is -0.340. The fourth-order valence-corrected chi connectivity index (χ4v) is 2.53. The minimum atomic E-state index is 0.281. The maximum atomic E-state index is 6.21. The van der Waals surface area contributed by atoms with Crippen LogP contribution in [0, 0.1) is 5.92 Å². The van der Waals surface area contributed by atoms with Crippen molar-refractivity contribution in [3.63, 3.8) is 0 Å². The molecular formula is C14H22BrN. The van der Waals surface area contributed by atoms with Gasteiger partial charge in [0.15, 0.2) is 0 Å². The maximum Gasteiger partial charge on any atom is 0.0207 e. The third-order valence-corrected chi connectivity index (χ3v) is 4.00. The fraction of sp³-hybridized carbons (Fsp3) is 0.571. The minimum absolute atomic E-state index is 0.281. The summed E-state index contributed by atoms with van der Waals surface area (Å²) in [5, 5.41) is 0. The van der Waals surface area contributed by atoms with Crippen molar-refractivity contribution in [2.75, 3.05) is 0 Å². The van der Waals surface area contributed by atoms with Crippen LogP contribution >= 0.6 is 15.9 Å². The van der Waals surface area contributed by atoms with Gasteiger partial charge in [0, 0.05) is 10.5 Å². The molecule has 90 valence electrons. The summed E-state index contributed by atoms with van der Waals surface area (Å²) < 4.78 is 1.18. The highest BCUT2D eigenvalue weighted by atomic mass is 79.9. The average Bonchev–Trinajstić information content (AvgIpc) is 2.29. The second-order valence-corrected chi connectivity index (χ2v) is 5.33. The summed E-state index contributed by atoms with van der Waals surface area (Å²) in [7, 11) is 0. The molecule has 0 aliphatic heterocycles. The molecule has 1 unspecified atom stereocenters. The number of rotatable bonds is 6. The van der Waals surface area contributed by atoms with Gasteiger partial charge in [0.25, 0.3) is 0 Å². The molecule has 1 rings (SSSR count). The molecule has 0 fully saturated rings. The van der Waals surface area contributed by atoms with Crippen molar-refractivity contribution in [2.45, 2.75) is 45.6 Å². The van der Waals surface area contributed by atoms with Crippen molar-refractivity contribution < 1.29 is 0 Å². The molecule has 0 heterocycles. The summed E-state index contributed by atoms with van der Waals surface area (Å²) in [5.41, 5.74) is 7.53. The van der Waals surface area contributed by atoms with Gasteiger partial charge in [-0.1, -0.05) is 60.8 Å². The normalized spacial score (nSPS) is 13.1. The lowest BCUT2D eigenvalue weighted by atomic mass is 9.92. The maximum absolute atomic E-state index is 6.21. The second-order valence-electron chi connectivity index (χ2n) is 4.47. The van der Waals surface area contributed by atoms with Crippen LogP contribution in [0.3, 0.4) is 0 Å². The molecule has 0 saturated carbocycles. The zero-order valence-electron chi connectivity index (χ0n) is 10.2. The Morgan fingerprint density at radius 2 is 1.81 bits per heavy atom. The van der Waals surface area contributed by atoms with Crippen molar-refractivity contribution in [1.29, 1.82) is 0 Å². The number of halogens is 1.